The van der Waals surface area contributed by atoms with Gasteiger partial charge in [-0.1, -0.05) is 89.8 Å². The van der Waals surface area contributed by atoms with Crippen molar-refractivity contribution in [3.05, 3.63) is 118 Å². The van der Waals surface area contributed by atoms with Crippen LogP contribution in [0.2, 0.25) is 0 Å². The smallest absolute Gasteiger partial charge is 0.253 e. The van der Waals surface area contributed by atoms with E-state index in [0.717, 1.165) is 70.2 Å². The van der Waals surface area contributed by atoms with Gasteiger partial charge in [0.15, 0.2) is 5.79 Å². The van der Waals surface area contributed by atoms with Crippen LogP contribution in [0.4, 0.5) is 0 Å². The van der Waals surface area contributed by atoms with Gasteiger partial charge in [-0.2, -0.15) is 0 Å². The van der Waals surface area contributed by atoms with Crippen molar-refractivity contribution in [1.82, 2.24) is 15.1 Å². The van der Waals surface area contributed by atoms with E-state index in [2.05, 4.69) is 33.4 Å². The number of allylic oxidation sites excluding steroid dienone is 1. The van der Waals surface area contributed by atoms with Crippen molar-refractivity contribution < 1.29 is 19.4 Å². The maximum atomic E-state index is 13.9. The number of ether oxygens (including phenoxy) is 1. The zero-order valence-electron chi connectivity index (χ0n) is 29.9. The van der Waals surface area contributed by atoms with E-state index in [1.807, 2.05) is 78.6 Å². The zero-order valence-corrected chi connectivity index (χ0v) is 31.5. The molecule has 8 heteroatoms. The van der Waals surface area contributed by atoms with Crippen LogP contribution in [0.5, 0.6) is 0 Å². The van der Waals surface area contributed by atoms with Crippen LogP contribution < -0.4 is 5.32 Å². The summed E-state index contributed by atoms with van der Waals surface area (Å²) >= 11 is 3.59. The molecular weight excluding hydrogens is 702 g/mol. The van der Waals surface area contributed by atoms with E-state index in [4.69, 9.17) is 4.74 Å². The quantitative estimate of drug-likeness (QED) is 0.172. The summed E-state index contributed by atoms with van der Waals surface area (Å²) in [7, 11) is 0. The van der Waals surface area contributed by atoms with Crippen LogP contribution in [0, 0.1) is 11.8 Å². The Morgan fingerprint density at radius 3 is 2.35 bits per heavy atom. The third-order valence-electron chi connectivity index (χ3n) is 10.7. The van der Waals surface area contributed by atoms with Crippen LogP contribution in [-0.4, -0.2) is 65.3 Å². The van der Waals surface area contributed by atoms with Gasteiger partial charge in [-0.25, -0.2) is 0 Å². The number of nitrogens with zero attached hydrogens (tertiary/aromatic N) is 2. The normalized spacial score (nSPS) is 19.9. The van der Waals surface area contributed by atoms with Gasteiger partial charge in [-0.3, -0.25) is 9.59 Å². The predicted octanol–water partition coefficient (Wildman–Crippen LogP) is 8.28. The van der Waals surface area contributed by atoms with Crippen molar-refractivity contribution in [2.24, 2.45) is 11.8 Å². The predicted molar refractivity (Wildman–Crippen MR) is 207 cm³/mol. The fraction of sp³-hybridized carbons (Fsp3) is 0.442. The summed E-state index contributed by atoms with van der Waals surface area (Å²) in [5.74, 6) is 0.289. The lowest BCUT2D eigenvalue weighted by molar-refractivity contribution is -0.161. The molecule has 0 spiro atoms. The molecule has 3 aromatic rings. The molecule has 0 radical (unpaired) electrons. The fourth-order valence-electron chi connectivity index (χ4n) is 7.72. The second-order valence-electron chi connectivity index (χ2n) is 14.3. The van der Waals surface area contributed by atoms with Gasteiger partial charge >= 0.3 is 0 Å². The Morgan fingerprint density at radius 2 is 1.65 bits per heavy atom. The number of amides is 2. The highest BCUT2D eigenvalue weighted by atomic mass is 79.9. The van der Waals surface area contributed by atoms with Crippen LogP contribution in [0.1, 0.15) is 79.8 Å². The van der Waals surface area contributed by atoms with E-state index in [9.17, 15) is 14.7 Å². The van der Waals surface area contributed by atoms with E-state index in [-0.39, 0.29) is 24.7 Å². The molecule has 2 aliphatic heterocycles. The Hall–Kier alpha value is -3.56. The number of carbonyl (C=O) groups is 2. The molecule has 1 aliphatic carbocycles. The van der Waals surface area contributed by atoms with Crippen molar-refractivity contribution in [3.63, 3.8) is 0 Å². The van der Waals surface area contributed by atoms with Crippen LogP contribution in [0.15, 0.2) is 101 Å². The number of benzene rings is 3. The Bertz CT molecular complexity index is 1710. The highest BCUT2D eigenvalue weighted by Crippen LogP contribution is 2.30. The number of rotatable bonds is 13. The Kier molecular flexibility index (Phi) is 13.0. The molecule has 2 heterocycles. The van der Waals surface area contributed by atoms with Crippen LogP contribution >= 0.6 is 15.9 Å². The zero-order chi connectivity index (χ0) is 35.6. The number of likely N-dealkylation sites (tertiary alicyclic amines) is 1. The summed E-state index contributed by atoms with van der Waals surface area (Å²) in [5.41, 5.74) is 5.27. The summed E-state index contributed by atoms with van der Waals surface area (Å²) in [6.45, 7) is 6.57. The molecule has 1 atom stereocenters. The number of halogens is 1. The molecule has 1 unspecified atom stereocenters. The van der Waals surface area contributed by atoms with Gasteiger partial charge in [0.05, 0.1) is 13.0 Å². The Balaban J connectivity index is 1.11. The molecule has 51 heavy (non-hydrogen) atoms. The number of hydrogen-bond donors (Lipinski definition) is 2. The molecule has 270 valence electrons. The fourth-order valence-corrected chi connectivity index (χ4v) is 8.14. The Labute approximate surface area is 311 Å². The molecule has 0 bridgehead atoms. The first-order valence-electron chi connectivity index (χ1n) is 18.8. The average molecular weight is 755 g/mol. The van der Waals surface area contributed by atoms with Crippen LogP contribution in [0.25, 0.3) is 11.1 Å². The van der Waals surface area contributed by atoms with Gasteiger partial charge in [0.1, 0.15) is 0 Å². The first-order valence-corrected chi connectivity index (χ1v) is 19.6. The van der Waals surface area contributed by atoms with Crippen molar-refractivity contribution in [2.75, 3.05) is 32.8 Å². The molecule has 2 fully saturated rings. The number of piperidine rings is 2. The molecule has 3 aromatic carbocycles. The molecule has 2 amide bonds. The summed E-state index contributed by atoms with van der Waals surface area (Å²) < 4.78 is 6.43. The van der Waals surface area contributed by atoms with E-state index in [0.29, 0.717) is 18.7 Å². The largest absolute Gasteiger partial charge is 0.362 e. The second-order valence-corrected chi connectivity index (χ2v) is 15.2. The third kappa shape index (κ3) is 10.1. The van der Waals surface area contributed by atoms with Crippen molar-refractivity contribution in [1.29, 1.82) is 0 Å². The topological polar surface area (TPSA) is 82.1 Å². The average Bonchev–Trinajstić information content (AvgIpc) is 3.16. The third-order valence-corrected chi connectivity index (χ3v) is 11.5. The van der Waals surface area contributed by atoms with Gasteiger partial charge < -0.3 is 25.0 Å². The molecule has 2 N–H and O–H groups in total. The van der Waals surface area contributed by atoms with Gasteiger partial charge in [0.25, 0.3) is 5.91 Å². The number of carbonyl (C=O) groups excluding carboxylic acids is 2. The van der Waals surface area contributed by atoms with Crippen LogP contribution in [-0.2, 0) is 22.5 Å². The van der Waals surface area contributed by atoms with E-state index < -0.39 is 5.79 Å². The Morgan fingerprint density at radius 1 is 0.941 bits per heavy atom. The van der Waals surface area contributed by atoms with Gasteiger partial charge in [0, 0.05) is 41.9 Å². The highest BCUT2D eigenvalue weighted by Gasteiger charge is 2.29. The number of aliphatic hydroxyl groups is 1. The van der Waals surface area contributed by atoms with E-state index >= 15 is 0 Å². The van der Waals surface area contributed by atoms with Crippen molar-refractivity contribution in [2.45, 2.75) is 77.0 Å². The SMILES string of the molecule is CCOC1(O)C=CC(N(Cc2cccc(-c3cccc(C(=O)N4CCC(CCCC5CCNCC5)CC4)c3)c2)C(=O)Cc2ccccc2Br)=CC1. The maximum absolute atomic E-state index is 13.9. The van der Waals surface area contributed by atoms with Crippen molar-refractivity contribution >= 4 is 27.7 Å². The molecule has 0 aromatic heterocycles. The lowest BCUT2D eigenvalue weighted by Gasteiger charge is -2.32. The molecular formula is C43H52BrN3O4. The van der Waals surface area contributed by atoms with Gasteiger partial charge in [-0.15, -0.1) is 0 Å². The minimum atomic E-state index is -1.37. The molecule has 6 rings (SSSR count). The molecule has 2 saturated heterocycles. The van der Waals surface area contributed by atoms with Crippen LogP contribution in [0.3, 0.4) is 0 Å². The lowest BCUT2D eigenvalue weighted by Crippen LogP contribution is -2.38. The maximum Gasteiger partial charge on any atom is 0.253 e. The monoisotopic (exact) mass is 753 g/mol. The summed E-state index contributed by atoms with van der Waals surface area (Å²) in [4.78, 5) is 31.4. The second kappa shape index (κ2) is 17.8. The first-order chi connectivity index (χ1) is 24.8. The van der Waals surface area contributed by atoms with Gasteiger partial charge in [0.2, 0.25) is 5.91 Å². The summed E-state index contributed by atoms with van der Waals surface area (Å²) in [6.07, 6.45) is 14.5. The number of hydrogen-bond acceptors (Lipinski definition) is 5. The first kappa shape index (κ1) is 37.2. The van der Waals surface area contributed by atoms with E-state index in [1.165, 1.54) is 45.2 Å². The van der Waals surface area contributed by atoms with E-state index in [1.54, 1.807) is 17.1 Å². The summed E-state index contributed by atoms with van der Waals surface area (Å²) in [5, 5.41) is 14.2. The minimum absolute atomic E-state index is 0.0526. The van der Waals surface area contributed by atoms with Gasteiger partial charge in [-0.05, 0) is 116 Å². The molecule has 7 nitrogen and oxygen atoms in total. The standard InChI is InChI=1S/C43H52BrN3O4/c1-2-51-43(50)22-16-39(17-23-43)47(41(48)30-37-11-3-4-15-40(37)44)31-34-10-6-12-35(28-34)36-13-7-14-38(29-36)42(49)46-26-20-33(21-27-46)9-5-8-32-18-24-45-25-19-32/h3-4,6-7,10-17,22,28-29,32-33,45,50H,2,5,8-9,18-21,23-27,30-31H2,1H3. The minimum Gasteiger partial charge on any atom is -0.362 e. The molecule has 0 saturated carbocycles. The highest BCUT2D eigenvalue weighted by molar-refractivity contribution is 9.10. The van der Waals surface area contributed by atoms with Crippen molar-refractivity contribution in [3.8, 4) is 11.1 Å². The lowest BCUT2D eigenvalue weighted by atomic mass is 9.87. The number of nitrogens with one attached hydrogen (secondary N) is 1. The summed E-state index contributed by atoms with van der Waals surface area (Å²) in [6, 6.07) is 23.9. The molecule has 3 aliphatic rings.